The average Bonchev–Trinajstić information content (AvgIpc) is 3.17. The summed E-state index contributed by atoms with van der Waals surface area (Å²) in [6.07, 6.45) is -1.20. The van der Waals surface area contributed by atoms with Gasteiger partial charge in [-0.1, -0.05) is 0 Å². The molecule has 0 aromatic carbocycles. The van der Waals surface area contributed by atoms with Crippen LogP contribution in [-0.2, 0) is 15.7 Å². The quantitative estimate of drug-likeness (QED) is 0.545. The van der Waals surface area contributed by atoms with E-state index in [1.807, 2.05) is 6.92 Å². The van der Waals surface area contributed by atoms with Crippen LogP contribution >= 0.6 is 0 Å². The summed E-state index contributed by atoms with van der Waals surface area (Å²) in [5.41, 5.74) is -0.432. The molecule has 170 valence electrons. The van der Waals surface area contributed by atoms with Crippen LogP contribution in [0.5, 0.6) is 0 Å². The Morgan fingerprint density at radius 2 is 2.22 bits per heavy atom. The summed E-state index contributed by atoms with van der Waals surface area (Å²) >= 11 is 0. The van der Waals surface area contributed by atoms with Gasteiger partial charge in [-0.15, -0.1) is 0 Å². The molecule has 2 fully saturated rings. The highest BCUT2D eigenvalue weighted by Gasteiger charge is 2.40. The Balaban J connectivity index is 1.24. The van der Waals surface area contributed by atoms with E-state index in [4.69, 9.17) is 9.47 Å². The summed E-state index contributed by atoms with van der Waals surface area (Å²) in [5.74, 6) is 0.469. The Bertz CT molecular complexity index is 1150. The molecule has 3 N–H and O–H groups in total. The minimum Gasteiger partial charge on any atom is -0.444 e. The zero-order valence-corrected chi connectivity index (χ0v) is 16.9. The van der Waals surface area contributed by atoms with E-state index < -0.39 is 18.0 Å². The Hall–Kier alpha value is -3.35. The van der Waals surface area contributed by atoms with Crippen LogP contribution in [0.25, 0.3) is 5.65 Å². The largest absolute Gasteiger partial charge is 0.444 e. The van der Waals surface area contributed by atoms with E-state index >= 15 is 0 Å². The van der Waals surface area contributed by atoms with E-state index in [0.717, 1.165) is 19.0 Å². The van der Waals surface area contributed by atoms with Crippen LogP contribution in [0.4, 0.5) is 29.7 Å². The number of alkyl carbamates (subject to hydrolysis) is 1. The number of fused-ring (bicyclic) bond motifs is 1. The summed E-state index contributed by atoms with van der Waals surface area (Å²) < 4.78 is 51.3. The molecule has 13 heteroatoms. The molecule has 2 aliphatic rings. The summed E-state index contributed by atoms with van der Waals surface area (Å²) in [4.78, 5) is 19.6. The number of carbonyl (C=O) groups excluding carboxylic acids is 1. The predicted octanol–water partition coefficient (Wildman–Crippen LogP) is 3.32. The number of nitrogens with one attached hydrogen (secondary N) is 3. The Morgan fingerprint density at radius 3 is 2.97 bits per heavy atom. The number of nitrogens with zero attached hydrogens (tertiary/aromatic N) is 4. The number of aromatic nitrogens is 5. The van der Waals surface area contributed by atoms with Crippen molar-refractivity contribution in [1.29, 1.82) is 0 Å². The van der Waals surface area contributed by atoms with Crippen molar-refractivity contribution in [1.82, 2.24) is 29.9 Å². The van der Waals surface area contributed by atoms with Gasteiger partial charge in [-0.05, 0) is 25.8 Å². The first-order valence-electron chi connectivity index (χ1n) is 10.0. The number of H-pyrrole nitrogens is 1. The number of amides is 1. The van der Waals surface area contributed by atoms with Gasteiger partial charge in [-0.3, -0.25) is 9.50 Å². The van der Waals surface area contributed by atoms with Gasteiger partial charge in [0.1, 0.15) is 17.9 Å². The Morgan fingerprint density at radius 1 is 1.41 bits per heavy atom. The Kier molecular flexibility index (Phi) is 4.73. The lowest BCUT2D eigenvalue weighted by Gasteiger charge is -2.15. The number of hydrogen-bond donors (Lipinski definition) is 3. The van der Waals surface area contributed by atoms with Crippen LogP contribution in [0.3, 0.4) is 0 Å². The fourth-order valence-electron chi connectivity index (χ4n) is 3.46. The molecule has 0 bridgehead atoms. The molecular formula is C19H20F3N7O3. The van der Waals surface area contributed by atoms with Gasteiger partial charge in [0.25, 0.3) is 0 Å². The predicted molar refractivity (Wildman–Crippen MR) is 104 cm³/mol. The molecule has 0 unspecified atom stereocenters. The van der Waals surface area contributed by atoms with Crippen molar-refractivity contribution in [3.63, 3.8) is 0 Å². The highest BCUT2D eigenvalue weighted by atomic mass is 19.4. The van der Waals surface area contributed by atoms with Crippen LogP contribution in [0.15, 0.2) is 24.5 Å². The number of halogens is 3. The first kappa shape index (κ1) is 20.5. The van der Waals surface area contributed by atoms with Gasteiger partial charge < -0.3 is 20.1 Å². The Labute approximate surface area is 179 Å². The van der Waals surface area contributed by atoms with Gasteiger partial charge in [0.15, 0.2) is 11.5 Å². The standard InChI is InChI=1S/C19H20F3N7O3/c1-18(3-4-18)26-17(30)32-10-6-12(31-9-10)11-7-14(28-27-11)25-16-23-5-2-15-24-13(8-29(15)16)19(20,21)22/h2,5,7-8,10,12H,3-4,6,9H2,1H3,(H,26,30)(H2,23,25,27,28)/t10-,12-/m1/s1. The molecule has 10 nitrogen and oxygen atoms in total. The van der Waals surface area contributed by atoms with Gasteiger partial charge in [-0.25, -0.2) is 14.8 Å². The number of aromatic amines is 1. The second-order valence-corrected chi connectivity index (χ2v) is 8.22. The van der Waals surface area contributed by atoms with Gasteiger partial charge in [0.2, 0.25) is 5.95 Å². The van der Waals surface area contributed by atoms with Crippen LogP contribution in [-0.4, -0.2) is 48.9 Å². The molecular weight excluding hydrogens is 431 g/mol. The SMILES string of the molecule is CC1(NC(=O)O[C@H]2CO[C@@H](c3cc(Nc4nccc5nc(C(F)(F)F)cn45)n[nH]3)C2)CC1. The minimum atomic E-state index is -4.56. The van der Waals surface area contributed by atoms with Crippen molar-refractivity contribution in [2.45, 2.75) is 50.1 Å². The second-order valence-electron chi connectivity index (χ2n) is 8.22. The molecule has 0 radical (unpaired) electrons. The number of anilines is 2. The van der Waals surface area contributed by atoms with Crippen molar-refractivity contribution in [2.75, 3.05) is 11.9 Å². The monoisotopic (exact) mass is 451 g/mol. The van der Waals surface area contributed by atoms with Crippen molar-refractivity contribution in [2.24, 2.45) is 0 Å². The van der Waals surface area contributed by atoms with Crippen molar-refractivity contribution in [3.8, 4) is 0 Å². The van der Waals surface area contributed by atoms with Gasteiger partial charge in [0, 0.05) is 30.4 Å². The van der Waals surface area contributed by atoms with E-state index in [0.29, 0.717) is 17.9 Å². The van der Waals surface area contributed by atoms with Gasteiger partial charge in [-0.2, -0.15) is 18.3 Å². The van der Waals surface area contributed by atoms with Gasteiger partial charge in [0.05, 0.1) is 12.3 Å². The molecule has 0 spiro atoms. The van der Waals surface area contributed by atoms with Crippen molar-refractivity contribution in [3.05, 3.63) is 35.9 Å². The maximum atomic E-state index is 13.0. The lowest BCUT2D eigenvalue weighted by Crippen LogP contribution is -2.37. The van der Waals surface area contributed by atoms with Crippen molar-refractivity contribution < 1.29 is 27.4 Å². The molecule has 1 amide bonds. The second kappa shape index (κ2) is 7.36. The van der Waals surface area contributed by atoms with Crippen LogP contribution in [0, 0.1) is 0 Å². The smallest absolute Gasteiger partial charge is 0.434 e. The van der Waals surface area contributed by atoms with E-state index in [-0.39, 0.29) is 35.9 Å². The molecule has 5 rings (SSSR count). The maximum Gasteiger partial charge on any atom is 0.434 e. The molecule has 32 heavy (non-hydrogen) atoms. The van der Waals surface area contributed by atoms with Gasteiger partial charge >= 0.3 is 12.3 Å². The number of carbonyl (C=O) groups is 1. The number of imidazole rings is 1. The normalized spacial score (nSPS) is 22.1. The lowest BCUT2D eigenvalue weighted by molar-refractivity contribution is -0.140. The van der Waals surface area contributed by atoms with Crippen LogP contribution in [0.1, 0.15) is 43.7 Å². The van der Waals surface area contributed by atoms with E-state index in [9.17, 15) is 18.0 Å². The summed E-state index contributed by atoms with van der Waals surface area (Å²) in [7, 11) is 0. The summed E-state index contributed by atoms with van der Waals surface area (Å²) in [5, 5.41) is 12.7. The molecule has 3 aromatic rings. The third kappa shape index (κ3) is 4.20. The lowest BCUT2D eigenvalue weighted by atomic mass is 10.1. The molecule has 1 aliphatic carbocycles. The fourth-order valence-corrected chi connectivity index (χ4v) is 3.46. The molecule has 1 saturated heterocycles. The number of alkyl halides is 3. The molecule has 1 aliphatic heterocycles. The minimum absolute atomic E-state index is 0.100. The highest BCUT2D eigenvalue weighted by molar-refractivity contribution is 5.69. The fraction of sp³-hybridized carbons (Fsp3) is 0.474. The third-order valence-electron chi connectivity index (χ3n) is 5.49. The number of ether oxygens (including phenoxy) is 2. The zero-order valence-electron chi connectivity index (χ0n) is 16.9. The molecule has 3 aromatic heterocycles. The van der Waals surface area contributed by atoms with E-state index in [1.54, 1.807) is 6.07 Å². The maximum absolute atomic E-state index is 13.0. The first-order valence-corrected chi connectivity index (χ1v) is 10.0. The van der Waals surface area contributed by atoms with E-state index in [1.165, 1.54) is 16.7 Å². The summed E-state index contributed by atoms with van der Waals surface area (Å²) in [6.45, 7) is 2.22. The van der Waals surface area contributed by atoms with Crippen LogP contribution in [0.2, 0.25) is 0 Å². The number of hydrogen-bond acceptors (Lipinski definition) is 7. The number of rotatable bonds is 5. The zero-order chi connectivity index (χ0) is 22.5. The molecule has 1 saturated carbocycles. The molecule has 2 atom stereocenters. The topological polar surface area (TPSA) is 118 Å². The van der Waals surface area contributed by atoms with Crippen LogP contribution < -0.4 is 10.6 Å². The molecule has 4 heterocycles. The highest BCUT2D eigenvalue weighted by Crippen LogP contribution is 2.35. The van der Waals surface area contributed by atoms with Crippen molar-refractivity contribution >= 4 is 23.5 Å². The first-order chi connectivity index (χ1) is 15.2. The average molecular weight is 451 g/mol. The third-order valence-corrected chi connectivity index (χ3v) is 5.49. The van der Waals surface area contributed by atoms with E-state index in [2.05, 4.69) is 30.8 Å². The summed E-state index contributed by atoms with van der Waals surface area (Å²) in [6, 6.07) is 3.04.